The van der Waals surface area contributed by atoms with Gasteiger partial charge >= 0.3 is 5.97 Å². The molecule has 218 valence electrons. The van der Waals surface area contributed by atoms with Crippen LogP contribution in [0.3, 0.4) is 0 Å². The molecule has 2 aromatic rings. The van der Waals surface area contributed by atoms with Crippen molar-refractivity contribution in [3.8, 4) is 0 Å². The van der Waals surface area contributed by atoms with Gasteiger partial charge in [-0.3, -0.25) is 14.4 Å². The van der Waals surface area contributed by atoms with Gasteiger partial charge in [0, 0.05) is 22.3 Å². The minimum atomic E-state index is -0.866. The Kier molecular flexibility index (Phi) is 8.69. The van der Waals surface area contributed by atoms with Crippen molar-refractivity contribution in [3.63, 3.8) is 0 Å². The molecular formula is C32H37BrN2O5S. The van der Waals surface area contributed by atoms with Crippen molar-refractivity contribution in [1.29, 1.82) is 0 Å². The number of halogens is 1. The SMILES string of the molecule is C=CCOC(=O)[C@H]1[C@@H]2SC3(CC2Br)C(C(=O)N(CC=C)c2ccc4ccccc4c2)N([C@@H](CO)CC(C)C)C(=O)[C@H]13. The molecule has 3 aliphatic rings. The summed E-state index contributed by atoms with van der Waals surface area (Å²) in [7, 11) is 0. The summed E-state index contributed by atoms with van der Waals surface area (Å²) in [6.07, 6.45) is 4.28. The highest BCUT2D eigenvalue weighted by Gasteiger charge is 2.76. The van der Waals surface area contributed by atoms with Gasteiger partial charge in [-0.05, 0) is 41.7 Å². The summed E-state index contributed by atoms with van der Waals surface area (Å²) < 4.78 is 4.65. The van der Waals surface area contributed by atoms with Gasteiger partial charge in [0.15, 0.2) is 0 Å². The summed E-state index contributed by atoms with van der Waals surface area (Å²) >= 11 is 5.35. The number of esters is 1. The van der Waals surface area contributed by atoms with E-state index in [4.69, 9.17) is 4.74 Å². The summed E-state index contributed by atoms with van der Waals surface area (Å²) in [4.78, 5) is 45.9. The molecule has 0 radical (unpaired) electrons. The largest absolute Gasteiger partial charge is 0.461 e. The Morgan fingerprint density at radius 3 is 2.61 bits per heavy atom. The number of amides is 2. The molecule has 41 heavy (non-hydrogen) atoms. The Hall–Kier alpha value is -2.62. The van der Waals surface area contributed by atoms with Gasteiger partial charge in [0.2, 0.25) is 5.91 Å². The van der Waals surface area contributed by atoms with E-state index in [1.165, 1.54) is 6.08 Å². The van der Waals surface area contributed by atoms with E-state index in [0.717, 1.165) is 10.8 Å². The zero-order chi connectivity index (χ0) is 29.5. The van der Waals surface area contributed by atoms with Crippen LogP contribution in [-0.2, 0) is 19.1 Å². The predicted molar refractivity (Wildman–Crippen MR) is 167 cm³/mol. The number of likely N-dealkylation sites (tertiary alicyclic amines) is 1. The van der Waals surface area contributed by atoms with Crippen LogP contribution < -0.4 is 4.90 Å². The molecule has 3 aliphatic heterocycles. The lowest BCUT2D eigenvalue weighted by Gasteiger charge is -2.40. The Morgan fingerprint density at radius 1 is 1.22 bits per heavy atom. The van der Waals surface area contributed by atoms with E-state index >= 15 is 0 Å². The van der Waals surface area contributed by atoms with Crippen molar-refractivity contribution in [2.24, 2.45) is 17.8 Å². The van der Waals surface area contributed by atoms with Gasteiger partial charge in [0.25, 0.3) is 5.91 Å². The molecule has 1 spiro atoms. The predicted octanol–water partition coefficient (Wildman–Crippen LogP) is 4.96. The van der Waals surface area contributed by atoms with Crippen LogP contribution >= 0.6 is 27.7 Å². The molecule has 2 aromatic carbocycles. The minimum Gasteiger partial charge on any atom is -0.461 e. The number of ether oxygens (including phenoxy) is 1. The van der Waals surface area contributed by atoms with Crippen LogP contribution in [0.4, 0.5) is 5.69 Å². The van der Waals surface area contributed by atoms with E-state index in [9.17, 15) is 19.5 Å². The van der Waals surface area contributed by atoms with E-state index in [2.05, 4.69) is 29.1 Å². The molecule has 3 fully saturated rings. The first-order valence-electron chi connectivity index (χ1n) is 14.1. The van der Waals surface area contributed by atoms with Crippen LogP contribution in [0.15, 0.2) is 67.8 Å². The summed E-state index contributed by atoms with van der Waals surface area (Å²) in [6.45, 7) is 11.7. The second kappa shape index (κ2) is 11.9. The van der Waals surface area contributed by atoms with Crippen LogP contribution in [0.1, 0.15) is 26.7 Å². The minimum absolute atomic E-state index is 0.0569. The van der Waals surface area contributed by atoms with Gasteiger partial charge in [0.05, 0.1) is 29.2 Å². The number of thioether (sulfide) groups is 1. The van der Waals surface area contributed by atoms with Crippen LogP contribution in [0.2, 0.25) is 0 Å². The van der Waals surface area contributed by atoms with Crippen LogP contribution in [0.25, 0.3) is 10.8 Å². The molecule has 2 bridgehead atoms. The van der Waals surface area contributed by atoms with Gasteiger partial charge in [0.1, 0.15) is 12.6 Å². The van der Waals surface area contributed by atoms with Gasteiger partial charge in [-0.25, -0.2) is 0 Å². The number of hydrogen-bond acceptors (Lipinski definition) is 6. The zero-order valence-electron chi connectivity index (χ0n) is 23.4. The van der Waals surface area contributed by atoms with Crippen molar-refractivity contribution < 1.29 is 24.2 Å². The Morgan fingerprint density at radius 2 is 1.95 bits per heavy atom. The smallest absolute Gasteiger partial charge is 0.311 e. The molecule has 5 rings (SSSR count). The number of nitrogens with zero attached hydrogens (tertiary/aromatic N) is 2. The third kappa shape index (κ3) is 5.04. The highest BCUT2D eigenvalue weighted by atomic mass is 79.9. The molecule has 2 amide bonds. The molecule has 0 aliphatic carbocycles. The molecule has 0 saturated carbocycles. The summed E-state index contributed by atoms with van der Waals surface area (Å²) in [6, 6.07) is 12.4. The third-order valence-electron chi connectivity index (χ3n) is 8.55. The number of aliphatic hydroxyl groups excluding tert-OH is 1. The maximum atomic E-state index is 14.9. The highest BCUT2D eigenvalue weighted by Crippen LogP contribution is 2.68. The van der Waals surface area contributed by atoms with Crippen molar-refractivity contribution in [2.75, 3.05) is 24.7 Å². The number of anilines is 1. The fourth-order valence-electron chi connectivity index (χ4n) is 7.01. The number of aliphatic hydroxyl groups is 1. The van der Waals surface area contributed by atoms with Crippen molar-refractivity contribution in [3.05, 3.63) is 67.8 Å². The van der Waals surface area contributed by atoms with E-state index < -0.39 is 34.6 Å². The molecule has 3 saturated heterocycles. The maximum absolute atomic E-state index is 14.9. The van der Waals surface area contributed by atoms with Gasteiger partial charge in [-0.15, -0.1) is 18.3 Å². The number of carbonyl (C=O) groups excluding carboxylic acids is 3. The zero-order valence-corrected chi connectivity index (χ0v) is 25.9. The summed E-state index contributed by atoms with van der Waals surface area (Å²) in [5.74, 6) is -2.17. The van der Waals surface area contributed by atoms with E-state index in [0.29, 0.717) is 18.5 Å². The van der Waals surface area contributed by atoms with Gasteiger partial charge < -0.3 is 19.6 Å². The first-order valence-corrected chi connectivity index (χ1v) is 15.9. The number of benzene rings is 2. The van der Waals surface area contributed by atoms with E-state index in [1.54, 1.807) is 27.6 Å². The lowest BCUT2D eigenvalue weighted by Crippen LogP contribution is -2.58. The molecule has 9 heteroatoms. The standard InChI is InChI=1S/C32H37BrN2O5S/c1-5-13-34(22-12-11-20-9-7-8-10-21(20)16-22)30(38)28-32-17-24(33)27(41-32)25(31(39)40-14-6-2)26(32)29(37)35(28)23(18-36)15-19(3)4/h5-12,16,19,23-28,36H,1-2,13-15,17-18H2,3-4H3/t23-,24?,25-,26+,27-,28?,32?/m1/s1. The van der Waals surface area contributed by atoms with E-state index in [-0.39, 0.29) is 47.6 Å². The lowest BCUT2D eigenvalue weighted by atomic mass is 9.71. The number of fused-ring (bicyclic) bond motifs is 2. The van der Waals surface area contributed by atoms with E-state index in [1.807, 2.05) is 56.3 Å². The fraction of sp³-hybridized carbons (Fsp3) is 0.469. The first kappa shape index (κ1) is 29.9. The first-order chi connectivity index (χ1) is 19.7. The highest BCUT2D eigenvalue weighted by molar-refractivity contribution is 9.09. The molecule has 3 unspecified atom stereocenters. The van der Waals surface area contributed by atoms with Gasteiger partial charge in [-0.2, -0.15) is 0 Å². The van der Waals surface area contributed by atoms with Crippen molar-refractivity contribution >= 4 is 61.9 Å². The summed E-state index contributed by atoms with van der Waals surface area (Å²) in [5, 5.41) is 12.4. The topological polar surface area (TPSA) is 87.2 Å². The number of carbonyl (C=O) groups is 3. The number of hydrogen-bond donors (Lipinski definition) is 1. The molecular weight excluding hydrogens is 604 g/mol. The van der Waals surface area contributed by atoms with Gasteiger partial charge in [-0.1, -0.05) is 78.8 Å². The molecule has 0 aromatic heterocycles. The second-order valence-electron chi connectivity index (χ2n) is 11.6. The van der Waals surface area contributed by atoms with Crippen molar-refractivity contribution in [1.82, 2.24) is 4.90 Å². The van der Waals surface area contributed by atoms with Crippen LogP contribution in [0.5, 0.6) is 0 Å². The molecule has 7 atom stereocenters. The average Bonchev–Trinajstić information content (AvgIpc) is 3.55. The Labute approximate surface area is 254 Å². The second-order valence-corrected chi connectivity index (χ2v) is 14.3. The number of rotatable bonds is 11. The van der Waals surface area contributed by atoms with Crippen LogP contribution in [-0.4, -0.2) is 74.5 Å². The normalized spacial score (nSPS) is 29.0. The number of alkyl halides is 1. The Bertz CT molecular complexity index is 1370. The average molecular weight is 642 g/mol. The third-order valence-corrected chi connectivity index (χ3v) is 11.8. The monoisotopic (exact) mass is 640 g/mol. The van der Waals surface area contributed by atoms with Crippen molar-refractivity contribution in [2.45, 2.75) is 53.6 Å². The molecule has 1 N–H and O–H groups in total. The molecule has 3 heterocycles. The molecule has 7 nitrogen and oxygen atoms in total. The summed E-state index contributed by atoms with van der Waals surface area (Å²) in [5.41, 5.74) is 0.708. The quantitative estimate of drug-likeness (QED) is 0.212. The maximum Gasteiger partial charge on any atom is 0.311 e. The van der Waals surface area contributed by atoms with Crippen LogP contribution in [0, 0.1) is 17.8 Å². The fourth-order valence-corrected chi connectivity index (χ4v) is 10.6. The lowest BCUT2D eigenvalue weighted by molar-refractivity contribution is -0.153. The Balaban J connectivity index is 1.62.